The van der Waals surface area contributed by atoms with Gasteiger partial charge < -0.3 is 4.98 Å². The van der Waals surface area contributed by atoms with E-state index in [-0.39, 0.29) is 5.69 Å². The fourth-order valence-electron chi connectivity index (χ4n) is 1.63. The van der Waals surface area contributed by atoms with Crippen LogP contribution in [0.25, 0.3) is 0 Å². The first kappa shape index (κ1) is 9.77. The zero-order chi connectivity index (χ0) is 10.7. The topological polar surface area (TPSA) is 37.8 Å². The van der Waals surface area contributed by atoms with E-state index in [1.165, 1.54) is 5.56 Å². The predicted molar refractivity (Wildman–Crippen MR) is 59.9 cm³/mol. The lowest BCUT2D eigenvalue weighted by molar-refractivity contribution is 0.671. The lowest BCUT2D eigenvalue weighted by Crippen LogP contribution is -2.17. The molecular weight excluding hydrogens is 188 g/mol. The van der Waals surface area contributed by atoms with Crippen LogP contribution in [-0.2, 0) is 13.0 Å². The summed E-state index contributed by atoms with van der Waals surface area (Å²) in [5.41, 5.74) is 2.14. The second-order valence-corrected chi connectivity index (χ2v) is 3.67. The number of benzene rings is 1. The Hall–Kier alpha value is -1.77. The number of hydrogen-bond acceptors (Lipinski definition) is 1. The molecule has 0 fully saturated rings. The number of aromatic amines is 1. The first-order valence-corrected chi connectivity index (χ1v) is 5.06. The number of rotatable bonds is 3. The van der Waals surface area contributed by atoms with Crippen molar-refractivity contribution in [3.05, 3.63) is 58.3 Å². The smallest absolute Gasteiger partial charge is 0.310 e. The summed E-state index contributed by atoms with van der Waals surface area (Å²) < 4.78 is 1.71. The molecule has 0 aliphatic heterocycles. The number of aromatic nitrogens is 2. The normalized spacial score (nSPS) is 10.5. The third-order valence-corrected chi connectivity index (χ3v) is 2.40. The van der Waals surface area contributed by atoms with Gasteiger partial charge in [-0.3, -0.25) is 4.57 Å². The van der Waals surface area contributed by atoms with Gasteiger partial charge >= 0.3 is 5.69 Å². The van der Waals surface area contributed by atoms with Gasteiger partial charge in [-0.05, 0) is 18.9 Å². The van der Waals surface area contributed by atoms with Crippen LogP contribution in [0.15, 0.2) is 41.3 Å². The van der Waals surface area contributed by atoms with Gasteiger partial charge in [0.25, 0.3) is 0 Å². The molecule has 1 heterocycles. The van der Waals surface area contributed by atoms with E-state index < -0.39 is 0 Å². The Kier molecular flexibility index (Phi) is 2.72. The van der Waals surface area contributed by atoms with Gasteiger partial charge in [0.1, 0.15) is 0 Å². The Labute approximate surface area is 88.4 Å². The molecule has 0 bridgehead atoms. The fourth-order valence-corrected chi connectivity index (χ4v) is 1.63. The maximum absolute atomic E-state index is 11.4. The minimum absolute atomic E-state index is 0.0246. The van der Waals surface area contributed by atoms with Crippen molar-refractivity contribution in [2.75, 3.05) is 0 Å². The Morgan fingerprint density at radius 3 is 2.60 bits per heavy atom. The highest BCUT2D eigenvalue weighted by atomic mass is 16.1. The number of nitrogens with zero attached hydrogens (tertiary/aromatic N) is 1. The molecule has 0 unspecified atom stereocenters. The van der Waals surface area contributed by atoms with Crippen molar-refractivity contribution in [2.24, 2.45) is 0 Å². The van der Waals surface area contributed by atoms with Gasteiger partial charge in [-0.15, -0.1) is 0 Å². The summed E-state index contributed by atoms with van der Waals surface area (Å²) in [5.74, 6) is 0. The molecule has 1 aromatic carbocycles. The van der Waals surface area contributed by atoms with E-state index in [4.69, 9.17) is 0 Å². The van der Waals surface area contributed by atoms with Gasteiger partial charge in [0, 0.05) is 18.4 Å². The number of H-pyrrole nitrogens is 1. The molecule has 1 aromatic heterocycles. The number of hydrogen-bond donors (Lipinski definition) is 1. The van der Waals surface area contributed by atoms with E-state index in [0.29, 0.717) is 0 Å². The molecule has 0 radical (unpaired) electrons. The molecule has 0 saturated heterocycles. The lowest BCUT2D eigenvalue weighted by Gasteiger charge is -2.00. The predicted octanol–water partition coefficient (Wildman–Crippen LogP) is 1.73. The van der Waals surface area contributed by atoms with Gasteiger partial charge in [-0.25, -0.2) is 4.79 Å². The van der Waals surface area contributed by atoms with Crippen molar-refractivity contribution in [2.45, 2.75) is 19.9 Å². The van der Waals surface area contributed by atoms with Crippen LogP contribution in [0.3, 0.4) is 0 Å². The maximum Gasteiger partial charge on any atom is 0.325 e. The van der Waals surface area contributed by atoms with Gasteiger partial charge in [0.15, 0.2) is 0 Å². The van der Waals surface area contributed by atoms with Crippen LogP contribution < -0.4 is 5.69 Å². The van der Waals surface area contributed by atoms with Crippen LogP contribution in [0.5, 0.6) is 0 Å². The zero-order valence-electron chi connectivity index (χ0n) is 8.73. The standard InChI is InChI=1S/C12H14N2O/c1-10-9-14(12(15)13-10)8-7-11-5-3-2-4-6-11/h2-6,9H,7-8H2,1H3,(H,13,15). The molecule has 2 aromatic rings. The molecule has 0 atom stereocenters. The minimum Gasteiger partial charge on any atom is -0.310 e. The van der Waals surface area contributed by atoms with Gasteiger partial charge in [0.05, 0.1) is 0 Å². The molecule has 0 aliphatic rings. The molecule has 0 spiro atoms. The Morgan fingerprint density at radius 2 is 2.00 bits per heavy atom. The van der Waals surface area contributed by atoms with Crippen LogP contribution in [0.2, 0.25) is 0 Å². The summed E-state index contributed by atoms with van der Waals surface area (Å²) in [6.45, 7) is 2.62. The average molecular weight is 202 g/mol. The van der Waals surface area contributed by atoms with E-state index in [9.17, 15) is 4.79 Å². The largest absolute Gasteiger partial charge is 0.325 e. The quantitative estimate of drug-likeness (QED) is 0.808. The van der Waals surface area contributed by atoms with Crippen molar-refractivity contribution < 1.29 is 0 Å². The maximum atomic E-state index is 11.4. The van der Waals surface area contributed by atoms with Crippen molar-refractivity contribution in [1.82, 2.24) is 9.55 Å². The monoisotopic (exact) mass is 202 g/mol. The van der Waals surface area contributed by atoms with Crippen LogP contribution in [0.1, 0.15) is 11.3 Å². The van der Waals surface area contributed by atoms with Crippen molar-refractivity contribution >= 4 is 0 Å². The highest BCUT2D eigenvalue weighted by Gasteiger charge is 1.99. The zero-order valence-corrected chi connectivity index (χ0v) is 8.73. The lowest BCUT2D eigenvalue weighted by atomic mass is 10.1. The molecule has 2 rings (SSSR count). The SMILES string of the molecule is Cc1cn(CCc2ccccc2)c(=O)[nH]1. The molecular formula is C12H14N2O. The number of imidazole rings is 1. The fraction of sp³-hybridized carbons (Fsp3) is 0.250. The van der Waals surface area contributed by atoms with Gasteiger partial charge in [-0.2, -0.15) is 0 Å². The van der Waals surface area contributed by atoms with Crippen molar-refractivity contribution in [3.63, 3.8) is 0 Å². The molecule has 15 heavy (non-hydrogen) atoms. The third-order valence-electron chi connectivity index (χ3n) is 2.40. The van der Waals surface area contributed by atoms with Crippen molar-refractivity contribution in [1.29, 1.82) is 0 Å². The van der Waals surface area contributed by atoms with E-state index in [2.05, 4.69) is 17.1 Å². The van der Waals surface area contributed by atoms with Crippen molar-refractivity contribution in [3.8, 4) is 0 Å². The van der Waals surface area contributed by atoms with Crippen LogP contribution >= 0.6 is 0 Å². The van der Waals surface area contributed by atoms with Crippen LogP contribution in [0.4, 0.5) is 0 Å². The van der Waals surface area contributed by atoms with Crippen LogP contribution in [-0.4, -0.2) is 9.55 Å². The highest BCUT2D eigenvalue weighted by Crippen LogP contribution is 2.00. The molecule has 78 valence electrons. The molecule has 1 N–H and O–H groups in total. The summed E-state index contributed by atoms with van der Waals surface area (Å²) in [6.07, 6.45) is 2.74. The average Bonchev–Trinajstić information content (AvgIpc) is 2.56. The molecule has 3 heteroatoms. The number of aryl methyl sites for hydroxylation is 3. The summed E-state index contributed by atoms with van der Waals surface area (Å²) >= 11 is 0. The summed E-state index contributed by atoms with van der Waals surface area (Å²) in [7, 11) is 0. The van der Waals surface area contributed by atoms with Gasteiger partial charge in [-0.1, -0.05) is 30.3 Å². The van der Waals surface area contributed by atoms with Crippen LogP contribution in [0, 0.1) is 6.92 Å². The summed E-state index contributed by atoms with van der Waals surface area (Å²) in [4.78, 5) is 14.1. The Balaban J connectivity index is 2.05. The van der Waals surface area contributed by atoms with E-state index in [0.717, 1.165) is 18.7 Å². The molecule has 3 nitrogen and oxygen atoms in total. The summed E-state index contributed by atoms with van der Waals surface area (Å²) in [5, 5.41) is 0. The van der Waals surface area contributed by atoms with E-state index in [1.54, 1.807) is 4.57 Å². The van der Waals surface area contributed by atoms with E-state index >= 15 is 0 Å². The molecule has 0 saturated carbocycles. The first-order chi connectivity index (χ1) is 7.25. The second-order valence-electron chi connectivity index (χ2n) is 3.67. The first-order valence-electron chi connectivity index (χ1n) is 5.06. The molecule has 0 aliphatic carbocycles. The summed E-state index contributed by atoms with van der Waals surface area (Å²) in [6, 6.07) is 10.2. The number of nitrogens with one attached hydrogen (secondary N) is 1. The second kappa shape index (κ2) is 4.17. The van der Waals surface area contributed by atoms with Gasteiger partial charge in [0.2, 0.25) is 0 Å². The minimum atomic E-state index is -0.0246. The third kappa shape index (κ3) is 2.37. The van der Waals surface area contributed by atoms with E-state index in [1.807, 2.05) is 31.3 Å². The Bertz CT molecular complexity index is 482. The highest BCUT2D eigenvalue weighted by molar-refractivity contribution is 5.14. The molecule has 0 amide bonds. The Morgan fingerprint density at radius 1 is 1.27 bits per heavy atom.